The van der Waals surface area contributed by atoms with Crippen LogP contribution in [0.2, 0.25) is 0 Å². The Kier molecular flexibility index (Phi) is 6.10. The number of aromatic nitrogens is 2. The van der Waals surface area contributed by atoms with Gasteiger partial charge in [0.15, 0.2) is 5.16 Å². The summed E-state index contributed by atoms with van der Waals surface area (Å²) in [4.78, 5) is 32.8. The van der Waals surface area contributed by atoms with Gasteiger partial charge in [-0.1, -0.05) is 36.9 Å². The summed E-state index contributed by atoms with van der Waals surface area (Å²) in [5.74, 6) is -0.449. The van der Waals surface area contributed by atoms with Crippen molar-refractivity contribution in [3.63, 3.8) is 0 Å². The number of thioether (sulfide) groups is 1. The Balaban J connectivity index is 1.56. The van der Waals surface area contributed by atoms with Crippen LogP contribution < -0.4 is 5.56 Å². The molecule has 1 aromatic carbocycles. The van der Waals surface area contributed by atoms with Crippen molar-refractivity contribution in [3.05, 3.63) is 80.2 Å². The smallest absolute Gasteiger partial charge is 0.253 e. The number of aromatic amines is 1. The zero-order valence-electron chi connectivity index (χ0n) is 16.2. The number of benzene rings is 1. The maximum absolute atomic E-state index is 13.4. The van der Waals surface area contributed by atoms with Crippen molar-refractivity contribution in [2.24, 2.45) is 5.10 Å². The number of nitrogens with one attached hydrogen (secondary N) is 1. The van der Waals surface area contributed by atoms with Crippen LogP contribution in [0.5, 0.6) is 0 Å². The van der Waals surface area contributed by atoms with E-state index in [2.05, 4.69) is 15.1 Å². The van der Waals surface area contributed by atoms with Gasteiger partial charge in [-0.2, -0.15) is 5.10 Å². The lowest BCUT2D eigenvalue weighted by atomic mass is 10.0. The number of aryl methyl sites for hydroxylation is 1. The molecule has 1 amide bonds. The van der Waals surface area contributed by atoms with Gasteiger partial charge in [-0.25, -0.2) is 14.4 Å². The number of hydrogen-bond acceptors (Lipinski definition) is 6. The Morgan fingerprint density at radius 3 is 2.83 bits per heavy atom. The van der Waals surface area contributed by atoms with Crippen molar-refractivity contribution < 1.29 is 9.18 Å². The lowest BCUT2D eigenvalue weighted by Crippen LogP contribution is -2.28. The van der Waals surface area contributed by atoms with E-state index in [1.165, 1.54) is 35.0 Å². The van der Waals surface area contributed by atoms with Gasteiger partial charge in [-0.15, -0.1) is 11.3 Å². The highest BCUT2D eigenvalue weighted by Gasteiger charge is 2.33. The Morgan fingerprint density at radius 1 is 1.33 bits per heavy atom. The number of thiophene rings is 1. The fraction of sp³-hybridized carbons (Fsp3) is 0.238. The standard InChI is InChI=1S/C21H19FN4O2S2/c1-2-15-10-19(27)24-21(23-15)30-12-20(28)26-17(13-5-7-14(22)8-6-13)11-16(25-26)18-4-3-9-29-18/h3-10,17H,2,11-12H2,1H3,(H,23,24,27)/t17-/m1/s1. The molecule has 1 aliphatic rings. The van der Waals surface area contributed by atoms with Crippen molar-refractivity contribution in [1.29, 1.82) is 0 Å². The third kappa shape index (κ3) is 4.52. The number of rotatable bonds is 6. The summed E-state index contributed by atoms with van der Waals surface area (Å²) in [5, 5.41) is 8.43. The molecule has 3 heterocycles. The number of nitrogens with zero attached hydrogens (tertiary/aromatic N) is 3. The van der Waals surface area contributed by atoms with E-state index in [9.17, 15) is 14.0 Å². The fourth-order valence-electron chi connectivity index (χ4n) is 3.21. The normalized spacial score (nSPS) is 16.0. The predicted octanol–water partition coefficient (Wildman–Crippen LogP) is 4.00. The molecule has 0 bridgehead atoms. The molecule has 9 heteroatoms. The Bertz CT molecular complexity index is 1130. The molecule has 30 heavy (non-hydrogen) atoms. The quantitative estimate of drug-likeness (QED) is 0.462. The van der Waals surface area contributed by atoms with E-state index in [0.717, 1.165) is 16.2 Å². The van der Waals surface area contributed by atoms with Gasteiger partial charge in [-0.3, -0.25) is 9.59 Å². The average Bonchev–Trinajstić information content (AvgIpc) is 3.42. The largest absolute Gasteiger partial charge is 0.301 e. The van der Waals surface area contributed by atoms with Crippen molar-refractivity contribution in [2.45, 2.75) is 31.0 Å². The lowest BCUT2D eigenvalue weighted by Gasteiger charge is -2.22. The summed E-state index contributed by atoms with van der Waals surface area (Å²) >= 11 is 2.74. The molecule has 1 atom stereocenters. The van der Waals surface area contributed by atoms with Crippen LogP contribution in [0.1, 0.15) is 35.5 Å². The highest BCUT2D eigenvalue weighted by atomic mass is 32.2. The van der Waals surface area contributed by atoms with Crippen LogP contribution in [0.3, 0.4) is 0 Å². The first-order chi connectivity index (χ1) is 14.5. The van der Waals surface area contributed by atoms with Crippen molar-refractivity contribution >= 4 is 34.7 Å². The molecular formula is C21H19FN4O2S2. The van der Waals surface area contributed by atoms with Crippen molar-refractivity contribution in [3.8, 4) is 0 Å². The first kappa shape index (κ1) is 20.5. The van der Waals surface area contributed by atoms with Gasteiger partial charge in [0, 0.05) is 18.2 Å². The van der Waals surface area contributed by atoms with Gasteiger partial charge in [0.25, 0.3) is 11.5 Å². The fourth-order valence-corrected chi connectivity index (χ4v) is 4.67. The summed E-state index contributed by atoms with van der Waals surface area (Å²) in [6, 6.07) is 11.2. The minimum atomic E-state index is -0.324. The molecule has 1 N–H and O–H groups in total. The van der Waals surface area contributed by atoms with Gasteiger partial charge in [0.05, 0.1) is 22.4 Å². The highest BCUT2D eigenvalue weighted by Crippen LogP contribution is 2.34. The van der Waals surface area contributed by atoms with Crippen LogP contribution in [0.15, 0.2) is 62.9 Å². The molecule has 0 unspecified atom stereocenters. The first-order valence-corrected chi connectivity index (χ1v) is 11.3. The number of carbonyl (C=O) groups is 1. The Labute approximate surface area is 180 Å². The molecular weight excluding hydrogens is 423 g/mol. The van der Waals surface area contributed by atoms with Crippen LogP contribution in [0.4, 0.5) is 4.39 Å². The van der Waals surface area contributed by atoms with Crippen LogP contribution in [-0.4, -0.2) is 32.3 Å². The van der Waals surface area contributed by atoms with Crippen LogP contribution >= 0.6 is 23.1 Å². The lowest BCUT2D eigenvalue weighted by molar-refractivity contribution is -0.130. The van der Waals surface area contributed by atoms with Crippen LogP contribution in [-0.2, 0) is 11.2 Å². The third-order valence-corrected chi connectivity index (χ3v) is 6.47. The average molecular weight is 443 g/mol. The zero-order chi connectivity index (χ0) is 21.1. The molecule has 154 valence electrons. The SMILES string of the molecule is CCc1cc(=O)[nH]c(SCC(=O)N2N=C(c3cccs3)C[C@@H]2c2ccc(F)cc2)n1. The predicted molar refractivity (Wildman–Crippen MR) is 116 cm³/mol. The number of hydrogen-bond donors (Lipinski definition) is 1. The van der Waals surface area contributed by atoms with E-state index in [4.69, 9.17) is 0 Å². The minimum Gasteiger partial charge on any atom is -0.301 e. The van der Waals surface area contributed by atoms with E-state index >= 15 is 0 Å². The molecule has 2 aromatic heterocycles. The Morgan fingerprint density at radius 2 is 2.13 bits per heavy atom. The summed E-state index contributed by atoms with van der Waals surface area (Å²) in [6.07, 6.45) is 1.20. The van der Waals surface area contributed by atoms with Crippen molar-refractivity contribution in [2.75, 3.05) is 5.75 Å². The van der Waals surface area contributed by atoms with Crippen LogP contribution in [0.25, 0.3) is 0 Å². The van der Waals surface area contributed by atoms with Gasteiger partial charge in [0.2, 0.25) is 0 Å². The van der Waals surface area contributed by atoms with E-state index in [1.807, 2.05) is 24.4 Å². The monoisotopic (exact) mass is 442 g/mol. The number of halogens is 1. The summed E-state index contributed by atoms with van der Waals surface area (Å²) in [6.45, 7) is 1.92. The van der Waals surface area contributed by atoms with E-state index < -0.39 is 0 Å². The molecule has 0 radical (unpaired) electrons. The number of H-pyrrole nitrogens is 1. The van der Waals surface area contributed by atoms with Gasteiger partial charge in [-0.05, 0) is 35.6 Å². The second-order valence-electron chi connectivity index (χ2n) is 6.72. The molecule has 0 spiro atoms. The van der Waals surface area contributed by atoms with E-state index in [1.54, 1.807) is 23.5 Å². The van der Waals surface area contributed by atoms with Gasteiger partial charge >= 0.3 is 0 Å². The number of amides is 1. The Hall–Kier alpha value is -2.78. The molecule has 0 saturated carbocycles. The number of carbonyl (C=O) groups excluding carboxylic acids is 1. The molecule has 0 saturated heterocycles. The topological polar surface area (TPSA) is 78.4 Å². The maximum Gasteiger partial charge on any atom is 0.253 e. The van der Waals surface area contributed by atoms with Gasteiger partial charge < -0.3 is 4.98 Å². The van der Waals surface area contributed by atoms with E-state index in [0.29, 0.717) is 23.7 Å². The van der Waals surface area contributed by atoms with Crippen molar-refractivity contribution in [1.82, 2.24) is 15.0 Å². The zero-order valence-corrected chi connectivity index (χ0v) is 17.8. The highest BCUT2D eigenvalue weighted by molar-refractivity contribution is 7.99. The molecule has 1 aliphatic heterocycles. The first-order valence-electron chi connectivity index (χ1n) is 9.45. The second kappa shape index (κ2) is 8.93. The van der Waals surface area contributed by atoms with E-state index in [-0.39, 0.29) is 29.1 Å². The summed E-state index contributed by atoms with van der Waals surface area (Å²) in [7, 11) is 0. The molecule has 6 nitrogen and oxygen atoms in total. The molecule has 0 fully saturated rings. The molecule has 3 aromatic rings. The minimum absolute atomic E-state index is 0.0784. The summed E-state index contributed by atoms with van der Waals surface area (Å²) < 4.78 is 13.4. The van der Waals surface area contributed by atoms with Crippen LogP contribution in [0, 0.1) is 5.82 Å². The molecule has 0 aliphatic carbocycles. The maximum atomic E-state index is 13.4. The molecule has 4 rings (SSSR count). The second-order valence-corrected chi connectivity index (χ2v) is 8.63. The number of hydrazone groups is 1. The van der Waals surface area contributed by atoms with Gasteiger partial charge in [0.1, 0.15) is 5.82 Å². The summed E-state index contributed by atoms with van der Waals surface area (Å²) in [5.41, 5.74) is 2.10. The third-order valence-electron chi connectivity index (χ3n) is 4.69.